The molecular weight excluding hydrogens is 283 g/mol. The average Bonchev–Trinajstić information content (AvgIpc) is 2.34. The van der Waals surface area contributed by atoms with Gasteiger partial charge in [-0.2, -0.15) is 13.2 Å². The van der Waals surface area contributed by atoms with Gasteiger partial charge in [0, 0.05) is 18.5 Å². The third kappa shape index (κ3) is 4.63. The lowest BCUT2D eigenvalue weighted by atomic mass is 10.2. The maximum Gasteiger partial charge on any atom is 0.389 e. The highest BCUT2D eigenvalue weighted by molar-refractivity contribution is 6.31. The number of amides is 1. The lowest BCUT2D eigenvalue weighted by Crippen LogP contribution is -2.27. The Hall–Kier alpha value is -1.43. The van der Waals surface area contributed by atoms with Gasteiger partial charge in [0.05, 0.1) is 19.2 Å². The molecule has 3 nitrogen and oxygen atoms in total. The van der Waals surface area contributed by atoms with Crippen LogP contribution in [-0.4, -0.2) is 26.2 Å². The van der Waals surface area contributed by atoms with Gasteiger partial charge >= 0.3 is 6.18 Å². The molecule has 0 saturated heterocycles. The number of halogens is 4. The van der Waals surface area contributed by atoms with E-state index in [2.05, 4.69) is 0 Å². The van der Waals surface area contributed by atoms with Crippen molar-refractivity contribution < 1.29 is 22.7 Å². The molecule has 7 heteroatoms. The number of rotatable bonds is 4. The van der Waals surface area contributed by atoms with Crippen LogP contribution < -0.4 is 9.64 Å². The highest BCUT2D eigenvalue weighted by atomic mass is 35.5. The summed E-state index contributed by atoms with van der Waals surface area (Å²) < 4.78 is 41.3. The van der Waals surface area contributed by atoms with Gasteiger partial charge in [-0.1, -0.05) is 11.6 Å². The van der Waals surface area contributed by atoms with E-state index in [0.717, 1.165) is 4.90 Å². The lowest BCUT2D eigenvalue weighted by molar-refractivity contribution is -0.142. The normalized spacial score (nSPS) is 11.3. The first-order valence-electron chi connectivity index (χ1n) is 5.41. The molecular formula is C12H13ClF3NO2. The van der Waals surface area contributed by atoms with Crippen LogP contribution in [0.4, 0.5) is 18.9 Å². The van der Waals surface area contributed by atoms with E-state index in [-0.39, 0.29) is 0 Å². The van der Waals surface area contributed by atoms with Crippen LogP contribution in [0.1, 0.15) is 12.8 Å². The Morgan fingerprint density at radius 2 is 2.05 bits per heavy atom. The Balaban J connectivity index is 2.84. The topological polar surface area (TPSA) is 29.5 Å². The van der Waals surface area contributed by atoms with Crippen LogP contribution in [0.3, 0.4) is 0 Å². The Bertz CT molecular complexity index is 463. The van der Waals surface area contributed by atoms with E-state index in [4.69, 9.17) is 16.3 Å². The number of methoxy groups -OCH3 is 1. The summed E-state index contributed by atoms with van der Waals surface area (Å²) in [4.78, 5) is 12.8. The molecule has 0 atom stereocenters. The summed E-state index contributed by atoms with van der Waals surface area (Å²) in [6.07, 6.45) is -6.12. The second kappa shape index (κ2) is 6.14. The molecule has 1 aromatic carbocycles. The van der Waals surface area contributed by atoms with Gasteiger partial charge in [0.15, 0.2) is 0 Å². The van der Waals surface area contributed by atoms with Crippen LogP contribution in [0.25, 0.3) is 0 Å². The zero-order valence-electron chi connectivity index (χ0n) is 10.4. The number of anilines is 1. The lowest BCUT2D eigenvalue weighted by Gasteiger charge is -2.20. The van der Waals surface area contributed by atoms with E-state index >= 15 is 0 Å². The van der Waals surface area contributed by atoms with Crippen LogP contribution in [0, 0.1) is 0 Å². The number of alkyl halides is 3. The number of carbonyl (C=O) groups is 1. The number of hydrogen-bond donors (Lipinski definition) is 0. The molecule has 0 bridgehead atoms. The van der Waals surface area contributed by atoms with Crippen molar-refractivity contribution in [3.63, 3.8) is 0 Å². The van der Waals surface area contributed by atoms with Gasteiger partial charge < -0.3 is 9.64 Å². The molecule has 0 fully saturated rings. The van der Waals surface area contributed by atoms with Gasteiger partial charge in [0.1, 0.15) is 5.75 Å². The van der Waals surface area contributed by atoms with Crippen LogP contribution in [0.2, 0.25) is 5.02 Å². The van der Waals surface area contributed by atoms with Crippen molar-refractivity contribution in [1.29, 1.82) is 0 Å². The molecule has 0 aliphatic carbocycles. The molecule has 106 valence electrons. The first kappa shape index (κ1) is 15.6. The molecule has 0 spiro atoms. The van der Waals surface area contributed by atoms with Crippen molar-refractivity contribution in [1.82, 2.24) is 0 Å². The molecule has 0 aliphatic rings. The van der Waals surface area contributed by atoms with Crippen molar-refractivity contribution in [3.05, 3.63) is 23.2 Å². The van der Waals surface area contributed by atoms with Gasteiger partial charge in [-0.05, 0) is 18.2 Å². The van der Waals surface area contributed by atoms with Crippen LogP contribution in [-0.2, 0) is 4.79 Å². The third-order valence-electron chi connectivity index (χ3n) is 2.50. The minimum Gasteiger partial charge on any atom is -0.495 e. The highest BCUT2D eigenvalue weighted by Crippen LogP contribution is 2.31. The molecule has 1 rings (SSSR count). The van der Waals surface area contributed by atoms with Crippen molar-refractivity contribution >= 4 is 23.2 Å². The third-order valence-corrected chi connectivity index (χ3v) is 2.73. The van der Waals surface area contributed by atoms with Crippen LogP contribution >= 0.6 is 11.6 Å². The molecule has 19 heavy (non-hydrogen) atoms. The fraction of sp³-hybridized carbons (Fsp3) is 0.417. The van der Waals surface area contributed by atoms with E-state index < -0.39 is 24.9 Å². The first-order chi connectivity index (χ1) is 8.74. The van der Waals surface area contributed by atoms with Crippen molar-refractivity contribution in [2.24, 2.45) is 0 Å². The molecule has 0 N–H and O–H groups in total. The SMILES string of the molecule is COc1ccc(Cl)cc1N(C)C(=O)CCC(F)(F)F. The number of ether oxygens (including phenoxy) is 1. The Kier molecular flexibility index (Phi) is 5.05. The Morgan fingerprint density at radius 1 is 1.42 bits per heavy atom. The quantitative estimate of drug-likeness (QED) is 0.848. The van der Waals surface area contributed by atoms with Gasteiger partial charge in [-0.15, -0.1) is 0 Å². The average molecular weight is 296 g/mol. The zero-order chi connectivity index (χ0) is 14.6. The second-order valence-corrected chi connectivity index (χ2v) is 4.32. The smallest absolute Gasteiger partial charge is 0.389 e. The largest absolute Gasteiger partial charge is 0.495 e. The Labute approximate surface area is 113 Å². The number of benzene rings is 1. The van der Waals surface area contributed by atoms with Crippen LogP contribution in [0.15, 0.2) is 18.2 Å². The van der Waals surface area contributed by atoms with Gasteiger partial charge in [-0.3, -0.25) is 4.79 Å². The van der Waals surface area contributed by atoms with E-state index in [1.54, 1.807) is 12.1 Å². The zero-order valence-corrected chi connectivity index (χ0v) is 11.2. The molecule has 0 saturated carbocycles. The fourth-order valence-electron chi connectivity index (χ4n) is 1.48. The standard InChI is InChI=1S/C12H13ClF3NO2/c1-17(11(18)5-6-12(14,15)16)9-7-8(13)3-4-10(9)19-2/h3-4,7H,5-6H2,1-2H3. The molecule has 1 aromatic rings. The van der Waals surface area contributed by atoms with E-state index in [1.165, 1.54) is 20.2 Å². The Morgan fingerprint density at radius 3 is 2.58 bits per heavy atom. The molecule has 0 radical (unpaired) electrons. The summed E-state index contributed by atoms with van der Waals surface area (Å²) in [6, 6.07) is 4.58. The van der Waals surface area contributed by atoms with E-state index in [0.29, 0.717) is 16.5 Å². The molecule has 0 aliphatic heterocycles. The summed E-state index contributed by atoms with van der Waals surface area (Å²) in [5, 5.41) is 0.367. The summed E-state index contributed by atoms with van der Waals surface area (Å²) in [7, 11) is 2.79. The van der Waals surface area contributed by atoms with E-state index in [9.17, 15) is 18.0 Å². The maximum absolute atomic E-state index is 12.1. The van der Waals surface area contributed by atoms with Crippen molar-refractivity contribution in [2.75, 3.05) is 19.1 Å². The minimum absolute atomic E-state index is 0.335. The van der Waals surface area contributed by atoms with Crippen molar-refractivity contribution in [2.45, 2.75) is 19.0 Å². The number of carbonyl (C=O) groups excluding carboxylic acids is 1. The van der Waals surface area contributed by atoms with Crippen molar-refractivity contribution in [3.8, 4) is 5.75 Å². The summed E-state index contributed by atoms with van der Waals surface area (Å²) >= 11 is 5.80. The monoisotopic (exact) mass is 295 g/mol. The number of hydrogen-bond acceptors (Lipinski definition) is 2. The molecule has 0 aromatic heterocycles. The second-order valence-electron chi connectivity index (χ2n) is 3.88. The summed E-state index contributed by atoms with van der Waals surface area (Å²) in [5.41, 5.74) is 0.335. The van der Waals surface area contributed by atoms with Gasteiger partial charge in [0.25, 0.3) is 0 Å². The number of nitrogens with zero attached hydrogens (tertiary/aromatic N) is 1. The van der Waals surface area contributed by atoms with Gasteiger partial charge in [0.2, 0.25) is 5.91 Å². The highest BCUT2D eigenvalue weighted by Gasteiger charge is 2.29. The molecule has 1 amide bonds. The minimum atomic E-state index is -4.35. The molecule has 0 heterocycles. The fourth-order valence-corrected chi connectivity index (χ4v) is 1.64. The molecule has 0 unspecified atom stereocenters. The predicted molar refractivity (Wildman–Crippen MR) is 66.7 cm³/mol. The van der Waals surface area contributed by atoms with Crippen LogP contribution in [0.5, 0.6) is 5.75 Å². The summed E-state index contributed by atoms with van der Waals surface area (Å²) in [5.74, 6) is -0.287. The maximum atomic E-state index is 12.1. The summed E-state index contributed by atoms with van der Waals surface area (Å²) in [6.45, 7) is 0. The first-order valence-corrected chi connectivity index (χ1v) is 5.79. The predicted octanol–water partition coefficient (Wildman–Crippen LogP) is 3.65. The van der Waals surface area contributed by atoms with E-state index in [1.807, 2.05) is 0 Å². The van der Waals surface area contributed by atoms with Gasteiger partial charge in [-0.25, -0.2) is 0 Å².